The van der Waals surface area contributed by atoms with Gasteiger partial charge in [-0.3, -0.25) is 9.78 Å². The van der Waals surface area contributed by atoms with Crippen LogP contribution in [-0.4, -0.2) is 10.9 Å². The normalized spacial score (nSPS) is 10.8. The highest BCUT2D eigenvalue weighted by Crippen LogP contribution is 2.26. The van der Waals surface area contributed by atoms with Gasteiger partial charge in [0.2, 0.25) is 0 Å². The molecule has 0 radical (unpaired) electrons. The van der Waals surface area contributed by atoms with Gasteiger partial charge in [0.15, 0.2) is 5.76 Å². The summed E-state index contributed by atoms with van der Waals surface area (Å²) >= 11 is 0. The van der Waals surface area contributed by atoms with Gasteiger partial charge in [0.1, 0.15) is 5.58 Å². The fraction of sp³-hybridized carbons (Fsp3) is 0.222. The minimum Gasteiger partial charge on any atom is -0.451 e. The number of hydrogen-bond donors (Lipinski definition) is 1. The van der Waals surface area contributed by atoms with Crippen LogP contribution in [0.5, 0.6) is 0 Å². The summed E-state index contributed by atoms with van der Waals surface area (Å²) < 4.78 is 5.72. The number of nitrogens with one attached hydrogen (secondary N) is 1. The van der Waals surface area contributed by atoms with Crippen molar-refractivity contribution in [2.45, 2.75) is 26.8 Å². The maximum Gasteiger partial charge on any atom is 0.287 e. The molecular weight excluding hydrogens is 276 g/mol. The van der Waals surface area contributed by atoms with Crippen LogP contribution in [0.1, 0.15) is 34.2 Å². The Morgan fingerprint density at radius 3 is 2.86 bits per heavy atom. The van der Waals surface area contributed by atoms with Crippen LogP contribution in [0, 0.1) is 6.92 Å². The van der Waals surface area contributed by atoms with Crippen molar-refractivity contribution in [3.8, 4) is 0 Å². The second-order valence-corrected chi connectivity index (χ2v) is 5.28. The summed E-state index contributed by atoms with van der Waals surface area (Å²) in [5.74, 6) is 0.183. The number of fused-ring (bicyclic) bond motifs is 1. The summed E-state index contributed by atoms with van der Waals surface area (Å²) in [4.78, 5) is 16.4. The molecule has 112 valence electrons. The lowest BCUT2D eigenvalue weighted by Gasteiger charge is -2.03. The van der Waals surface area contributed by atoms with E-state index in [4.69, 9.17) is 4.42 Å². The number of benzene rings is 1. The van der Waals surface area contributed by atoms with E-state index in [2.05, 4.69) is 23.3 Å². The summed E-state index contributed by atoms with van der Waals surface area (Å²) in [7, 11) is 0. The van der Waals surface area contributed by atoms with Crippen LogP contribution in [-0.2, 0) is 13.0 Å². The second kappa shape index (κ2) is 6.02. The lowest BCUT2D eigenvalue weighted by molar-refractivity contribution is 0.0924. The Labute approximate surface area is 129 Å². The number of hydrogen-bond acceptors (Lipinski definition) is 3. The van der Waals surface area contributed by atoms with Crippen molar-refractivity contribution in [2.75, 3.05) is 0 Å². The molecule has 0 saturated carbocycles. The molecule has 0 fully saturated rings. The van der Waals surface area contributed by atoms with Gasteiger partial charge in [0.05, 0.1) is 0 Å². The number of furan rings is 1. The molecule has 0 saturated heterocycles. The zero-order valence-electron chi connectivity index (χ0n) is 12.7. The minimum absolute atomic E-state index is 0.199. The largest absolute Gasteiger partial charge is 0.451 e. The summed E-state index contributed by atoms with van der Waals surface area (Å²) in [5.41, 5.74) is 3.83. The van der Waals surface area contributed by atoms with Gasteiger partial charge < -0.3 is 9.73 Å². The molecule has 0 atom stereocenters. The van der Waals surface area contributed by atoms with Crippen molar-refractivity contribution in [2.24, 2.45) is 0 Å². The molecule has 3 rings (SSSR count). The van der Waals surface area contributed by atoms with Gasteiger partial charge in [0.25, 0.3) is 5.91 Å². The van der Waals surface area contributed by atoms with Gasteiger partial charge in [-0.1, -0.05) is 19.1 Å². The summed E-state index contributed by atoms with van der Waals surface area (Å²) in [6.45, 7) is 4.46. The van der Waals surface area contributed by atoms with Crippen LogP contribution in [0.3, 0.4) is 0 Å². The van der Waals surface area contributed by atoms with Crippen molar-refractivity contribution in [3.05, 3.63) is 65.2 Å². The van der Waals surface area contributed by atoms with Gasteiger partial charge in [-0.15, -0.1) is 0 Å². The predicted octanol–water partition coefficient (Wildman–Crippen LogP) is 3.63. The smallest absolute Gasteiger partial charge is 0.287 e. The number of pyridine rings is 1. The van der Waals surface area contributed by atoms with Crippen LogP contribution in [0.15, 0.2) is 47.1 Å². The minimum atomic E-state index is -0.199. The highest BCUT2D eigenvalue weighted by Gasteiger charge is 2.17. The van der Waals surface area contributed by atoms with Crippen molar-refractivity contribution in [1.82, 2.24) is 10.3 Å². The SMILES string of the molecule is CCc1ccc2oc(C(=O)NCc3cccnc3)c(C)c2c1. The Morgan fingerprint density at radius 1 is 1.27 bits per heavy atom. The van der Waals surface area contributed by atoms with Gasteiger partial charge in [-0.05, 0) is 42.7 Å². The zero-order chi connectivity index (χ0) is 15.5. The van der Waals surface area contributed by atoms with Crippen molar-refractivity contribution >= 4 is 16.9 Å². The van der Waals surface area contributed by atoms with Crippen LogP contribution in [0.2, 0.25) is 0 Å². The molecule has 0 aliphatic heterocycles. The number of aromatic nitrogens is 1. The van der Waals surface area contributed by atoms with E-state index in [9.17, 15) is 4.79 Å². The van der Waals surface area contributed by atoms with Crippen LogP contribution in [0.4, 0.5) is 0 Å². The van der Waals surface area contributed by atoms with Gasteiger partial charge in [0, 0.05) is 29.9 Å². The van der Waals surface area contributed by atoms with E-state index in [1.807, 2.05) is 31.2 Å². The molecule has 3 aromatic rings. The number of rotatable bonds is 4. The van der Waals surface area contributed by atoms with E-state index < -0.39 is 0 Å². The highest BCUT2D eigenvalue weighted by molar-refractivity contribution is 5.99. The first kappa shape index (κ1) is 14.3. The Bertz CT molecular complexity index is 807. The monoisotopic (exact) mass is 294 g/mol. The van der Waals surface area contributed by atoms with E-state index >= 15 is 0 Å². The average Bonchev–Trinajstić information content (AvgIpc) is 2.90. The third-order valence-electron chi connectivity index (χ3n) is 3.79. The first-order chi connectivity index (χ1) is 10.7. The fourth-order valence-electron chi connectivity index (χ4n) is 2.47. The molecule has 0 aliphatic carbocycles. The maximum absolute atomic E-state index is 12.3. The summed E-state index contributed by atoms with van der Waals surface area (Å²) in [5, 5.41) is 3.88. The highest BCUT2D eigenvalue weighted by atomic mass is 16.3. The average molecular weight is 294 g/mol. The Hall–Kier alpha value is -2.62. The number of aryl methyl sites for hydroxylation is 2. The fourth-order valence-corrected chi connectivity index (χ4v) is 2.47. The summed E-state index contributed by atoms with van der Waals surface area (Å²) in [6.07, 6.45) is 4.41. The number of amides is 1. The van der Waals surface area contributed by atoms with E-state index in [-0.39, 0.29) is 5.91 Å². The number of carbonyl (C=O) groups excluding carboxylic acids is 1. The van der Waals surface area contributed by atoms with Crippen LogP contribution >= 0.6 is 0 Å². The van der Waals surface area contributed by atoms with E-state index in [1.54, 1.807) is 12.4 Å². The first-order valence-electron chi connectivity index (χ1n) is 7.38. The molecule has 2 aromatic heterocycles. The molecular formula is C18H18N2O2. The van der Waals surface area contributed by atoms with Gasteiger partial charge in [-0.25, -0.2) is 0 Å². The zero-order valence-corrected chi connectivity index (χ0v) is 12.7. The Kier molecular flexibility index (Phi) is 3.92. The van der Waals surface area contributed by atoms with Crippen molar-refractivity contribution in [1.29, 1.82) is 0 Å². The van der Waals surface area contributed by atoms with Crippen LogP contribution in [0.25, 0.3) is 11.0 Å². The Morgan fingerprint density at radius 2 is 2.14 bits per heavy atom. The Balaban J connectivity index is 1.83. The molecule has 0 aliphatic rings. The molecule has 1 amide bonds. The third-order valence-corrected chi connectivity index (χ3v) is 3.79. The lowest BCUT2D eigenvalue weighted by Crippen LogP contribution is -2.23. The van der Waals surface area contributed by atoms with Crippen molar-refractivity contribution in [3.63, 3.8) is 0 Å². The molecule has 4 nitrogen and oxygen atoms in total. The molecule has 1 N–H and O–H groups in total. The van der Waals surface area contributed by atoms with E-state index in [1.165, 1.54) is 5.56 Å². The first-order valence-corrected chi connectivity index (χ1v) is 7.38. The lowest BCUT2D eigenvalue weighted by atomic mass is 10.1. The molecule has 0 unspecified atom stereocenters. The quantitative estimate of drug-likeness (QED) is 0.799. The van der Waals surface area contributed by atoms with Crippen molar-refractivity contribution < 1.29 is 9.21 Å². The standard InChI is InChI=1S/C18H18N2O2/c1-3-13-6-7-16-15(9-13)12(2)17(22-16)18(21)20-11-14-5-4-8-19-10-14/h4-10H,3,11H2,1-2H3,(H,20,21). The molecule has 4 heteroatoms. The molecule has 0 spiro atoms. The number of nitrogens with zero attached hydrogens (tertiary/aromatic N) is 1. The predicted molar refractivity (Wildman–Crippen MR) is 85.7 cm³/mol. The third kappa shape index (κ3) is 2.72. The van der Waals surface area contributed by atoms with E-state index in [0.29, 0.717) is 12.3 Å². The maximum atomic E-state index is 12.3. The number of carbonyl (C=O) groups is 1. The second-order valence-electron chi connectivity index (χ2n) is 5.28. The summed E-state index contributed by atoms with van der Waals surface area (Å²) in [6, 6.07) is 9.82. The van der Waals surface area contributed by atoms with E-state index in [0.717, 1.165) is 28.5 Å². The molecule has 1 aromatic carbocycles. The molecule has 0 bridgehead atoms. The van der Waals surface area contributed by atoms with Gasteiger partial charge >= 0.3 is 0 Å². The van der Waals surface area contributed by atoms with Crippen LogP contribution < -0.4 is 5.32 Å². The molecule has 2 heterocycles. The van der Waals surface area contributed by atoms with Gasteiger partial charge in [-0.2, -0.15) is 0 Å². The topological polar surface area (TPSA) is 55.1 Å². The molecule has 22 heavy (non-hydrogen) atoms.